The molecular formula is C13H13F3N2OS. The van der Waals surface area contributed by atoms with Crippen LogP contribution in [0.2, 0.25) is 0 Å². The van der Waals surface area contributed by atoms with Crippen LogP contribution in [0.3, 0.4) is 0 Å². The zero-order chi connectivity index (χ0) is 14.8. The van der Waals surface area contributed by atoms with Gasteiger partial charge in [0.2, 0.25) is 0 Å². The van der Waals surface area contributed by atoms with Gasteiger partial charge in [-0.05, 0) is 41.6 Å². The van der Waals surface area contributed by atoms with Gasteiger partial charge in [0.05, 0.1) is 6.04 Å². The summed E-state index contributed by atoms with van der Waals surface area (Å²) in [6.07, 6.45) is -4.68. The molecular weight excluding hydrogens is 289 g/mol. The maximum absolute atomic E-state index is 12.1. The van der Waals surface area contributed by atoms with Crippen LogP contribution < -0.4 is 16.0 Å². The van der Waals surface area contributed by atoms with Crippen LogP contribution in [0.5, 0.6) is 5.75 Å². The highest BCUT2D eigenvalue weighted by atomic mass is 32.1. The fourth-order valence-corrected chi connectivity index (χ4v) is 2.59. The molecule has 0 radical (unpaired) electrons. The minimum absolute atomic E-state index is 0.251. The summed E-state index contributed by atoms with van der Waals surface area (Å²) < 4.78 is 40.1. The molecule has 2 rings (SSSR count). The van der Waals surface area contributed by atoms with Gasteiger partial charge in [0.1, 0.15) is 5.75 Å². The van der Waals surface area contributed by atoms with Gasteiger partial charge in [-0.1, -0.05) is 12.1 Å². The lowest BCUT2D eigenvalue weighted by Crippen LogP contribution is -2.28. The van der Waals surface area contributed by atoms with Gasteiger partial charge in [0.15, 0.2) is 0 Å². The summed E-state index contributed by atoms with van der Waals surface area (Å²) >= 11 is 1.58. The van der Waals surface area contributed by atoms with Gasteiger partial charge in [-0.25, -0.2) is 5.43 Å². The molecule has 0 amide bonds. The van der Waals surface area contributed by atoms with Crippen molar-refractivity contribution in [2.75, 3.05) is 0 Å². The third kappa shape index (κ3) is 3.72. The normalized spacial score (nSPS) is 13.2. The first-order valence-electron chi connectivity index (χ1n) is 5.76. The number of thiophene rings is 1. The van der Waals surface area contributed by atoms with Crippen molar-refractivity contribution in [1.29, 1.82) is 0 Å². The van der Waals surface area contributed by atoms with Crippen molar-refractivity contribution in [3.05, 3.63) is 51.7 Å². The summed E-state index contributed by atoms with van der Waals surface area (Å²) in [5.41, 5.74) is 4.39. The fraction of sp³-hybridized carbons (Fsp3) is 0.231. The summed E-state index contributed by atoms with van der Waals surface area (Å²) in [5, 5.41) is 1.96. The quantitative estimate of drug-likeness (QED) is 0.671. The van der Waals surface area contributed by atoms with E-state index in [1.165, 1.54) is 12.1 Å². The van der Waals surface area contributed by atoms with E-state index in [0.717, 1.165) is 16.0 Å². The lowest BCUT2D eigenvalue weighted by molar-refractivity contribution is -0.274. The van der Waals surface area contributed by atoms with Crippen LogP contribution in [0.4, 0.5) is 13.2 Å². The van der Waals surface area contributed by atoms with Crippen LogP contribution >= 0.6 is 11.3 Å². The number of alkyl halides is 3. The van der Waals surface area contributed by atoms with E-state index in [4.69, 9.17) is 5.84 Å². The molecule has 1 aromatic heterocycles. The van der Waals surface area contributed by atoms with E-state index in [1.807, 2.05) is 18.4 Å². The highest BCUT2D eigenvalue weighted by molar-refractivity contribution is 7.10. The van der Waals surface area contributed by atoms with E-state index in [1.54, 1.807) is 23.5 Å². The Morgan fingerprint density at radius 2 is 1.85 bits per heavy atom. The number of hydrogen-bond donors (Lipinski definition) is 2. The van der Waals surface area contributed by atoms with Gasteiger partial charge in [-0.15, -0.1) is 24.5 Å². The van der Waals surface area contributed by atoms with Crippen molar-refractivity contribution in [3.8, 4) is 5.75 Å². The number of halogens is 3. The zero-order valence-corrected chi connectivity index (χ0v) is 11.4. The Morgan fingerprint density at radius 1 is 1.20 bits per heavy atom. The molecule has 3 N–H and O–H groups in total. The number of hydrogen-bond acceptors (Lipinski definition) is 4. The number of benzene rings is 1. The van der Waals surface area contributed by atoms with Crippen LogP contribution in [0.25, 0.3) is 0 Å². The van der Waals surface area contributed by atoms with Gasteiger partial charge in [0.25, 0.3) is 0 Å². The Balaban J connectivity index is 2.19. The predicted molar refractivity (Wildman–Crippen MR) is 71.3 cm³/mol. The summed E-state index contributed by atoms with van der Waals surface area (Å²) in [6, 6.07) is 7.37. The molecule has 1 heterocycles. The SMILES string of the molecule is Cc1cc(C(NN)c2ccc(OC(F)(F)F)cc2)cs1. The average molecular weight is 302 g/mol. The first-order valence-corrected chi connectivity index (χ1v) is 6.64. The van der Waals surface area contributed by atoms with Gasteiger partial charge in [0, 0.05) is 4.88 Å². The third-order valence-electron chi connectivity index (χ3n) is 2.70. The Kier molecular flexibility index (Phi) is 4.32. The van der Waals surface area contributed by atoms with Crippen LogP contribution in [0.1, 0.15) is 22.0 Å². The molecule has 1 aromatic carbocycles. The molecule has 0 aliphatic carbocycles. The molecule has 0 aliphatic heterocycles. The molecule has 0 saturated heterocycles. The van der Waals surface area contributed by atoms with Crippen LogP contribution in [-0.2, 0) is 0 Å². The number of ether oxygens (including phenoxy) is 1. The van der Waals surface area contributed by atoms with E-state index < -0.39 is 6.36 Å². The second-order valence-corrected chi connectivity index (χ2v) is 5.32. The molecule has 1 atom stereocenters. The van der Waals surface area contributed by atoms with Crippen molar-refractivity contribution in [2.24, 2.45) is 5.84 Å². The van der Waals surface area contributed by atoms with Crippen LogP contribution in [0.15, 0.2) is 35.7 Å². The minimum Gasteiger partial charge on any atom is -0.406 e. The van der Waals surface area contributed by atoms with Crippen LogP contribution in [0, 0.1) is 6.92 Å². The molecule has 0 aliphatic rings. The summed E-state index contributed by atoms with van der Waals surface area (Å²) in [6.45, 7) is 1.97. The molecule has 2 aromatic rings. The monoisotopic (exact) mass is 302 g/mol. The molecule has 0 saturated carbocycles. The topological polar surface area (TPSA) is 47.3 Å². The predicted octanol–water partition coefficient (Wildman–Crippen LogP) is 3.51. The Bertz CT molecular complexity index is 566. The standard InChI is InChI=1S/C13H13F3N2OS/c1-8-6-10(7-20-8)12(18-17)9-2-4-11(5-3-9)19-13(14,15)16/h2-7,12,18H,17H2,1H3. The number of nitrogens with one attached hydrogen (secondary N) is 1. The summed E-state index contributed by atoms with van der Waals surface area (Å²) in [7, 11) is 0. The minimum atomic E-state index is -4.68. The zero-order valence-electron chi connectivity index (χ0n) is 10.6. The van der Waals surface area contributed by atoms with Gasteiger partial charge < -0.3 is 4.74 Å². The lowest BCUT2D eigenvalue weighted by atomic mass is 10.0. The molecule has 7 heteroatoms. The Morgan fingerprint density at radius 3 is 2.30 bits per heavy atom. The maximum atomic E-state index is 12.1. The number of rotatable bonds is 4. The smallest absolute Gasteiger partial charge is 0.406 e. The summed E-state index contributed by atoms with van der Waals surface area (Å²) in [4.78, 5) is 1.14. The van der Waals surface area contributed by atoms with E-state index in [9.17, 15) is 13.2 Å². The Labute approximate surface area is 118 Å². The maximum Gasteiger partial charge on any atom is 0.573 e. The van der Waals surface area contributed by atoms with E-state index in [0.29, 0.717) is 0 Å². The van der Waals surface area contributed by atoms with Crippen molar-refractivity contribution in [2.45, 2.75) is 19.3 Å². The van der Waals surface area contributed by atoms with Crippen molar-refractivity contribution in [3.63, 3.8) is 0 Å². The van der Waals surface area contributed by atoms with Gasteiger partial charge in [-0.3, -0.25) is 5.84 Å². The fourth-order valence-electron chi connectivity index (χ4n) is 1.86. The molecule has 0 fully saturated rings. The number of aryl methyl sites for hydroxylation is 1. The lowest BCUT2D eigenvalue weighted by Gasteiger charge is -2.16. The third-order valence-corrected chi connectivity index (χ3v) is 3.58. The highest BCUT2D eigenvalue weighted by Crippen LogP contribution is 2.28. The summed E-state index contributed by atoms with van der Waals surface area (Å²) in [5.74, 6) is 5.28. The van der Waals surface area contributed by atoms with Crippen molar-refractivity contribution < 1.29 is 17.9 Å². The average Bonchev–Trinajstić information content (AvgIpc) is 2.77. The second kappa shape index (κ2) is 5.82. The van der Waals surface area contributed by atoms with Crippen LogP contribution in [-0.4, -0.2) is 6.36 Å². The van der Waals surface area contributed by atoms with Gasteiger partial charge in [-0.2, -0.15) is 0 Å². The number of hydrazine groups is 1. The molecule has 108 valence electrons. The number of nitrogens with two attached hydrogens (primary N) is 1. The first-order chi connectivity index (χ1) is 9.39. The molecule has 1 unspecified atom stereocenters. The molecule has 3 nitrogen and oxygen atoms in total. The highest BCUT2D eigenvalue weighted by Gasteiger charge is 2.31. The largest absolute Gasteiger partial charge is 0.573 e. The van der Waals surface area contributed by atoms with Crippen molar-refractivity contribution in [1.82, 2.24) is 5.43 Å². The Hall–Kier alpha value is -1.57. The molecule has 0 bridgehead atoms. The molecule has 0 spiro atoms. The van der Waals surface area contributed by atoms with E-state index in [2.05, 4.69) is 10.2 Å². The first kappa shape index (κ1) is 14.8. The van der Waals surface area contributed by atoms with Gasteiger partial charge >= 0.3 is 6.36 Å². The molecule has 20 heavy (non-hydrogen) atoms. The van der Waals surface area contributed by atoms with E-state index >= 15 is 0 Å². The second-order valence-electron chi connectivity index (χ2n) is 4.21. The van der Waals surface area contributed by atoms with Crippen molar-refractivity contribution >= 4 is 11.3 Å². The van der Waals surface area contributed by atoms with E-state index in [-0.39, 0.29) is 11.8 Å².